The Hall–Kier alpha value is -1.26. The minimum atomic E-state index is -0.514. The van der Waals surface area contributed by atoms with Crippen molar-refractivity contribution in [1.29, 1.82) is 0 Å². The van der Waals surface area contributed by atoms with Gasteiger partial charge in [-0.15, -0.1) is 0 Å². The standard InChI is InChI=1S/C15H24O4/c1-4-5-8-18-9-10-19-14-7-6-13(12(2)16)11-15(14)17-3/h6-7,11-12,16H,4-5,8-10H2,1-3H3/t12-/m1/s1. The molecule has 0 saturated carbocycles. The van der Waals surface area contributed by atoms with Crippen molar-refractivity contribution in [2.24, 2.45) is 0 Å². The molecular formula is C15H24O4. The second kappa shape index (κ2) is 8.77. The molecule has 4 nitrogen and oxygen atoms in total. The Morgan fingerprint density at radius 3 is 2.58 bits per heavy atom. The normalized spacial score (nSPS) is 12.2. The predicted molar refractivity (Wildman–Crippen MR) is 74.8 cm³/mol. The van der Waals surface area contributed by atoms with E-state index in [4.69, 9.17) is 14.2 Å². The average molecular weight is 268 g/mol. The summed E-state index contributed by atoms with van der Waals surface area (Å²) < 4.78 is 16.3. The molecule has 19 heavy (non-hydrogen) atoms. The molecule has 0 aliphatic carbocycles. The first kappa shape index (κ1) is 15.8. The molecule has 4 heteroatoms. The van der Waals surface area contributed by atoms with E-state index >= 15 is 0 Å². The summed E-state index contributed by atoms with van der Waals surface area (Å²) in [6, 6.07) is 5.44. The Balaban J connectivity index is 2.44. The molecule has 0 unspecified atom stereocenters. The number of aliphatic hydroxyl groups excluding tert-OH is 1. The first-order chi connectivity index (χ1) is 9.19. The van der Waals surface area contributed by atoms with Crippen LogP contribution in [0.15, 0.2) is 18.2 Å². The summed E-state index contributed by atoms with van der Waals surface area (Å²) in [7, 11) is 1.59. The zero-order valence-corrected chi connectivity index (χ0v) is 12.0. The lowest BCUT2D eigenvalue weighted by molar-refractivity contribution is 0.0969. The van der Waals surface area contributed by atoms with E-state index in [1.807, 2.05) is 12.1 Å². The number of unbranched alkanes of at least 4 members (excludes halogenated alkanes) is 1. The fourth-order valence-corrected chi connectivity index (χ4v) is 1.62. The Morgan fingerprint density at radius 2 is 1.95 bits per heavy atom. The Labute approximate surface area is 115 Å². The molecule has 1 aromatic rings. The first-order valence-corrected chi connectivity index (χ1v) is 6.75. The highest BCUT2D eigenvalue weighted by Gasteiger charge is 2.08. The molecule has 0 amide bonds. The van der Waals surface area contributed by atoms with Crippen LogP contribution in [0.1, 0.15) is 38.4 Å². The molecule has 108 valence electrons. The average Bonchev–Trinajstić information content (AvgIpc) is 2.42. The van der Waals surface area contributed by atoms with Crippen LogP contribution < -0.4 is 9.47 Å². The van der Waals surface area contributed by atoms with Crippen molar-refractivity contribution in [2.45, 2.75) is 32.8 Å². The number of hydrogen-bond acceptors (Lipinski definition) is 4. The van der Waals surface area contributed by atoms with E-state index in [0.717, 1.165) is 25.0 Å². The lowest BCUT2D eigenvalue weighted by Crippen LogP contribution is -2.08. The minimum Gasteiger partial charge on any atom is -0.493 e. The van der Waals surface area contributed by atoms with E-state index in [1.54, 1.807) is 20.1 Å². The molecule has 0 aromatic heterocycles. The van der Waals surface area contributed by atoms with Gasteiger partial charge >= 0.3 is 0 Å². The van der Waals surface area contributed by atoms with E-state index < -0.39 is 6.10 Å². The molecule has 0 aliphatic heterocycles. The van der Waals surface area contributed by atoms with Gasteiger partial charge in [0.1, 0.15) is 6.61 Å². The number of aliphatic hydroxyl groups is 1. The van der Waals surface area contributed by atoms with Gasteiger partial charge in [-0.05, 0) is 31.0 Å². The van der Waals surface area contributed by atoms with Gasteiger partial charge in [0.15, 0.2) is 11.5 Å². The highest BCUT2D eigenvalue weighted by Crippen LogP contribution is 2.30. The highest BCUT2D eigenvalue weighted by atomic mass is 16.5. The number of hydrogen-bond donors (Lipinski definition) is 1. The van der Waals surface area contributed by atoms with Crippen LogP contribution in [-0.4, -0.2) is 32.0 Å². The number of ether oxygens (including phenoxy) is 3. The molecule has 0 bridgehead atoms. The molecule has 0 heterocycles. The van der Waals surface area contributed by atoms with Crippen LogP contribution in [0.5, 0.6) is 11.5 Å². The van der Waals surface area contributed by atoms with Crippen LogP contribution in [0.3, 0.4) is 0 Å². The third kappa shape index (κ3) is 5.49. The smallest absolute Gasteiger partial charge is 0.161 e. The lowest BCUT2D eigenvalue weighted by Gasteiger charge is -2.13. The molecule has 1 rings (SSSR count). The summed E-state index contributed by atoms with van der Waals surface area (Å²) in [5, 5.41) is 9.51. The minimum absolute atomic E-state index is 0.494. The maximum atomic E-state index is 9.51. The van der Waals surface area contributed by atoms with Gasteiger partial charge in [0, 0.05) is 6.61 Å². The second-order valence-corrected chi connectivity index (χ2v) is 4.40. The van der Waals surface area contributed by atoms with Crippen LogP contribution in [0.2, 0.25) is 0 Å². The lowest BCUT2D eigenvalue weighted by atomic mass is 10.1. The van der Waals surface area contributed by atoms with Gasteiger partial charge in [-0.25, -0.2) is 0 Å². The highest BCUT2D eigenvalue weighted by molar-refractivity contribution is 5.43. The van der Waals surface area contributed by atoms with E-state index in [0.29, 0.717) is 24.7 Å². The van der Waals surface area contributed by atoms with E-state index in [1.165, 1.54) is 0 Å². The molecule has 0 radical (unpaired) electrons. The number of rotatable bonds is 9. The van der Waals surface area contributed by atoms with Crippen LogP contribution in [0.4, 0.5) is 0 Å². The van der Waals surface area contributed by atoms with E-state index in [9.17, 15) is 5.11 Å². The van der Waals surface area contributed by atoms with Crippen molar-refractivity contribution < 1.29 is 19.3 Å². The van der Waals surface area contributed by atoms with Gasteiger partial charge in [0.25, 0.3) is 0 Å². The second-order valence-electron chi connectivity index (χ2n) is 4.40. The zero-order chi connectivity index (χ0) is 14.1. The van der Waals surface area contributed by atoms with Crippen LogP contribution in [-0.2, 0) is 4.74 Å². The van der Waals surface area contributed by atoms with E-state index in [-0.39, 0.29) is 0 Å². The number of methoxy groups -OCH3 is 1. The molecule has 0 saturated heterocycles. The molecule has 1 atom stereocenters. The van der Waals surface area contributed by atoms with Crippen LogP contribution in [0.25, 0.3) is 0 Å². The van der Waals surface area contributed by atoms with Crippen LogP contribution >= 0.6 is 0 Å². The van der Waals surface area contributed by atoms with Crippen molar-refractivity contribution >= 4 is 0 Å². The van der Waals surface area contributed by atoms with Gasteiger partial charge in [-0.3, -0.25) is 0 Å². The van der Waals surface area contributed by atoms with Crippen molar-refractivity contribution in [1.82, 2.24) is 0 Å². The van der Waals surface area contributed by atoms with Gasteiger partial charge < -0.3 is 19.3 Å². The first-order valence-electron chi connectivity index (χ1n) is 6.75. The van der Waals surface area contributed by atoms with Crippen molar-refractivity contribution in [2.75, 3.05) is 26.9 Å². The summed E-state index contributed by atoms with van der Waals surface area (Å²) in [5.41, 5.74) is 0.809. The third-order valence-corrected chi connectivity index (χ3v) is 2.80. The quantitative estimate of drug-likeness (QED) is 0.699. The topological polar surface area (TPSA) is 47.9 Å². The Kier molecular flexibility index (Phi) is 7.30. The van der Waals surface area contributed by atoms with Gasteiger partial charge in [-0.2, -0.15) is 0 Å². The van der Waals surface area contributed by atoms with Crippen molar-refractivity contribution in [3.05, 3.63) is 23.8 Å². The van der Waals surface area contributed by atoms with E-state index in [2.05, 4.69) is 6.92 Å². The third-order valence-electron chi connectivity index (χ3n) is 2.80. The molecular weight excluding hydrogens is 244 g/mol. The van der Waals surface area contributed by atoms with Gasteiger partial charge in [-0.1, -0.05) is 19.4 Å². The van der Waals surface area contributed by atoms with Crippen molar-refractivity contribution in [3.63, 3.8) is 0 Å². The maximum absolute atomic E-state index is 9.51. The Morgan fingerprint density at radius 1 is 1.16 bits per heavy atom. The summed E-state index contributed by atoms with van der Waals surface area (Å²) in [5.74, 6) is 1.30. The van der Waals surface area contributed by atoms with Crippen molar-refractivity contribution in [3.8, 4) is 11.5 Å². The fraction of sp³-hybridized carbons (Fsp3) is 0.600. The summed E-state index contributed by atoms with van der Waals surface area (Å²) in [6.45, 7) is 5.69. The monoisotopic (exact) mass is 268 g/mol. The summed E-state index contributed by atoms with van der Waals surface area (Å²) in [6.07, 6.45) is 1.70. The summed E-state index contributed by atoms with van der Waals surface area (Å²) in [4.78, 5) is 0. The fourth-order valence-electron chi connectivity index (χ4n) is 1.62. The molecule has 0 fully saturated rings. The Bertz CT molecular complexity index is 363. The number of benzene rings is 1. The predicted octanol–water partition coefficient (Wildman–Crippen LogP) is 2.94. The molecule has 0 aliphatic rings. The largest absolute Gasteiger partial charge is 0.493 e. The molecule has 1 aromatic carbocycles. The molecule has 1 N–H and O–H groups in total. The van der Waals surface area contributed by atoms with Gasteiger partial charge in [0.2, 0.25) is 0 Å². The zero-order valence-electron chi connectivity index (χ0n) is 12.0. The maximum Gasteiger partial charge on any atom is 0.161 e. The SMILES string of the molecule is CCCCOCCOc1ccc([C@@H](C)O)cc1OC. The molecule has 0 spiro atoms. The van der Waals surface area contributed by atoms with Gasteiger partial charge in [0.05, 0.1) is 19.8 Å². The summed E-state index contributed by atoms with van der Waals surface area (Å²) >= 11 is 0. The van der Waals surface area contributed by atoms with Crippen LogP contribution in [0, 0.1) is 0 Å².